The lowest BCUT2D eigenvalue weighted by Gasteiger charge is -2.72. The smallest absolute Gasteiger partial charge is 0.335 e. The van der Waals surface area contributed by atoms with Crippen molar-refractivity contribution in [3.63, 3.8) is 0 Å². The summed E-state index contributed by atoms with van der Waals surface area (Å²) in [5.74, 6) is -1.16. The van der Waals surface area contributed by atoms with Gasteiger partial charge in [0.15, 0.2) is 0 Å². The molecule has 0 aromatic heterocycles. The summed E-state index contributed by atoms with van der Waals surface area (Å²) in [6.45, 7) is 20.1. The van der Waals surface area contributed by atoms with Crippen LogP contribution < -0.4 is 5.32 Å². The van der Waals surface area contributed by atoms with Crippen LogP contribution in [-0.2, 0) is 4.79 Å². The number of hydrogen-bond donors (Lipinski definition) is 2. The largest absolute Gasteiger partial charge is 0.478 e. The third-order valence-electron chi connectivity index (χ3n) is 16.4. The number of alkyl halides is 2. The van der Waals surface area contributed by atoms with Crippen LogP contribution in [0.4, 0.5) is 8.78 Å². The third-order valence-corrected chi connectivity index (χ3v) is 16.4. The van der Waals surface area contributed by atoms with Gasteiger partial charge < -0.3 is 10.4 Å². The summed E-state index contributed by atoms with van der Waals surface area (Å²) in [4.78, 5) is 27.2. The fourth-order valence-electron chi connectivity index (χ4n) is 13.8. The van der Waals surface area contributed by atoms with E-state index >= 15 is 0 Å². The van der Waals surface area contributed by atoms with Gasteiger partial charge in [0.1, 0.15) is 0 Å². The summed E-state index contributed by atoms with van der Waals surface area (Å²) < 4.78 is 27.7. The molecule has 1 aromatic carbocycles. The summed E-state index contributed by atoms with van der Waals surface area (Å²) in [7, 11) is 0. The summed E-state index contributed by atoms with van der Waals surface area (Å²) in [6.07, 6.45) is 12.0. The van der Waals surface area contributed by atoms with E-state index in [1.54, 1.807) is 12.1 Å². The first kappa shape index (κ1) is 35.8. The van der Waals surface area contributed by atoms with Crippen molar-refractivity contribution in [3.05, 3.63) is 53.6 Å². The van der Waals surface area contributed by atoms with E-state index in [4.69, 9.17) is 0 Å². The third kappa shape index (κ3) is 5.36. The first-order valence-corrected chi connectivity index (χ1v) is 19.5. The summed E-state index contributed by atoms with van der Waals surface area (Å²) in [5, 5.41) is 13.1. The number of rotatable bonds is 6. The highest BCUT2D eigenvalue weighted by Gasteiger charge is 2.70. The Bertz CT molecular complexity index is 1570. The second-order valence-corrected chi connectivity index (χ2v) is 18.9. The van der Waals surface area contributed by atoms with Crippen LogP contribution in [0.2, 0.25) is 0 Å². The van der Waals surface area contributed by atoms with Crippen molar-refractivity contribution >= 4 is 17.4 Å². The molecule has 1 saturated heterocycles. The summed E-state index contributed by atoms with van der Waals surface area (Å²) in [5.41, 5.74) is 4.23. The van der Waals surface area contributed by atoms with Crippen LogP contribution in [0, 0.1) is 51.2 Å². The van der Waals surface area contributed by atoms with Crippen LogP contribution in [0.25, 0.3) is 5.57 Å². The van der Waals surface area contributed by atoms with Gasteiger partial charge in [-0.05, 0) is 139 Å². The Morgan fingerprint density at radius 1 is 0.880 bits per heavy atom. The number of nitrogens with zero attached hydrogens (tertiary/aromatic N) is 1. The molecule has 5 fully saturated rings. The maximum Gasteiger partial charge on any atom is 0.335 e. The van der Waals surface area contributed by atoms with Crippen LogP contribution in [0.15, 0.2) is 42.5 Å². The Kier molecular flexibility index (Phi) is 8.60. The molecule has 0 bridgehead atoms. The first-order valence-electron chi connectivity index (χ1n) is 19.5. The van der Waals surface area contributed by atoms with E-state index in [-0.39, 0.29) is 65.6 Å². The zero-order valence-electron chi connectivity index (χ0n) is 31.3. The number of carbonyl (C=O) groups is 2. The van der Waals surface area contributed by atoms with Crippen molar-refractivity contribution < 1.29 is 23.5 Å². The van der Waals surface area contributed by atoms with E-state index in [2.05, 4.69) is 59.5 Å². The molecular formula is C43H60F2N2O3. The SMILES string of the molecule is C=C(C)C1CCC2(NC(=O)CN3CCC(F)(F)CC3)CCC3(C)C(CCC4C5(C)CC=C(c6ccc(C(=O)O)cc6)C(C)(C)C5CCC43C)C12. The molecule has 2 N–H and O–H groups in total. The Labute approximate surface area is 298 Å². The van der Waals surface area contributed by atoms with Crippen molar-refractivity contribution in [2.45, 2.75) is 124 Å². The molecule has 5 aliphatic carbocycles. The number of fused-ring (bicyclic) bond motifs is 7. The van der Waals surface area contributed by atoms with Gasteiger partial charge in [-0.15, -0.1) is 0 Å². The summed E-state index contributed by atoms with van der Waals surface area (Å²) >= 11 is 0. The molecule has 6 aliphatic rings. The number of allylic oxidation sites excluding steroid dienone is 3. The highest BCUT2D eigenvalue weighted by Crippen LogP contribution is 2.76. The molecule has 274 valence electrons. The van der Waals surface area contributed by atoms with E-state index in [1.807, 2.05) is 17.0 Å². The average Bonchev–Trinajstić information content (AvgIpc) is 3.42. The van der Waals surface area contributed by atoms with Gasteiger partial charge in [0.05, 0.1) is 12.1 Å². The van der Waals surface area contributed by atoms with E-state index in [9.17, 15) is 23.5 Å². The maximum absolute atomic E-state index is 13.8. The number of piperidine rings is 1. The average molecular weight is 691 g/mol. The molecule has 1 amide bonds. The molecule has 1 heterocycles. The first-order chi connectivity index (χ1) is 23.4. The van der Waals surface area contributed by atoms with Crippen LogP contribution >= 0.6 is 0 Å². The number of halogens is 2. The fraction of sp³-hybridized carbons (Fsp3) is 0.721. The van der Waals surface area contributed by atoms with Gasteiger partial charge in [0.2, 0.25) is 5.91 Å². The van der Waals surface area contributed by atoms with Gasteiger partial charge in [0, 0.05) is 31.5 Å². The lowest BCUT2D eigenvalue weighted by Crippen LogP contribution is -2.68. The zero-order valence-corrected chi connectivity index (χ0v) is 31.3. The summed E-state index contributed by atoms with van der Waals surface area (Å²) in [6, 6.07) is 7.47. The Balaban J connectivity index is 1.16. The van der Waals surface area contributed by atoms with Crippen molar-refractivity contribution in [3.8, 4) is 0 Å². The number of likely N-dealkylation sites (tertiary alicyclic amines) is 1. The predicted molar refractivity (Wildman–Crippen MR) is 195 cm³/mol. The van der Waals surface area contributed by atoms with Crippen molar-refractivity contribution in [2.75, 3.05) is 19.6 Å². The van der Waals surface area contributed by atoms with E-state index in [0.717, 1.165) is 37.7 Å². The minimum absolute atomic E-state index is 0.00345. The molecule has 50 heavy (non-hydrogen) atoms. The van der Waals surface area contributed by atoms with Crippen molar-refractivity contribution in [2.24, 2.45) is 51.2 Å². The van der Waals surface area contributed by atoms with Crippen LogP contribution in [0.3, 0.4) is 0 Å². The van der Waals surface area contributed by atoms with Crippen LogP contribution in [0.5, 0.6) is 0 Å². The molecular weight excluding hydrogens is 630 g/mol. The number of aromatic carboxylic acids is 1. The molecule has 9 unspecified atom stereocenters. The number of carboxylic acids is 1. The predicted octanol–water partition coefficient (Wildman–Crippen LogP) is 9.64. The minimum atomic E-state index is -2.61. The molecule has 9 atom stereocenters. The highest BCUT2D eigenvalue weighted by atomic mass is 19.3. The Hall–Kier alpha value is -2.54. The molecule has 4 saturated carbocycles. The van der Waals surface area contributed by atoms with Gasteiger partial charge in [-0.2, -0.15) is 0 Å². The van der Waals surface area contributed by atoms with Crippen LogP contribution in [-0.4, -0.2) is 53.0 Å². The molecule has 7 heteroatoms. The zero-order chi connectivity index (χ0) is 36.1. The Morgan fingerprint density at radius 3 is 2.20 bits per heavy atom. The van der Waals surface area contributed by atoms with Crippen molar-refractivity contribution in [1.29, 1.82) is 0 Å². The minimum Gasteiger partial charge on any atom is -0.478 e. The number of benzene rings is 1. The lowest BCUT2D eigenvalue weighted by atomic mass is 9.33. The van der Waals surface area contributed by atoms with Crippen molar-refractivity contribution in [1.82, 2.24) is 10.2 Å². The molecule has 7 rings (SSSR count). The fourth-order valence-corrected chi connectivity index (χ4v) is 13.8. The van der Waals surface area contributed by atoms with Gasteiger partial charge in [-0.3, -0.25) is 9.69 Å². The molecule has 0 radical (unpaired) electrons. The second kappa shape index (κ2) is 12.0. The van der Waals surface area contributed by atoms with Crippen LogP contribution in [0.1, 0.15) is 128 Å². The monoisotopic (exact) mass is 690 g/mol. The van der Waals surface area contributed by atoms with E-state index < -0.39 is 11.9 Å². The number of hydrogen-bond acceptors (Lipinski definition) is 3. The number of nitrogens with one attached hydrogen (secondary N) is 1. The number of carbonyl (C=O) groups excluding carboxylic acids is 1. The molecule has 1 aromatic rings. The maximum atomic E-state index is 13.8. The Morgan fingerprint density at radius 2 is 1.56 bits per heavy atom. The van der Waals surface area contributed by atoms with E-state index in [1.165, 1.54) is 36.8 Å². The molecule has 1 aliphatic heterocycles. The topological polar surface area (TPSA) is 69.6 Å². The highest BCUT2D eigenvalue weighted by molar-refractivity contribution is 5.88. The van der Waals surface area contributed by atoms with Gasteiger partial charge in [-0.1, -0.05) is 65.0 Å². The lowest BCUT2D eigenvalue weighted by molar-refractivity contribution is -0.219. The van der Waals surface area contributed by atoms with Gasteiger partial charge >= 0.3 is 5.97 Å². The standard InChI is InChI=1S/C43H60F2N2O3/c1-27(2)30-14-19-42(46-35(48)26-47-24-22-43(44,45)23-25-47)21-20-40(6)32(36(30)42)12-13-34-39(5)17-15-31(28-8-10-29(11-9-28)37(49)50)38(3,4)33(39)16-18-41(34,40)7/h8-11,15,30,32-34,36H,1,12-14,16-26H2,2-7H3,(H,46,48)(H,49,50). The molecule has 5 nitrogen and oxygen atoms in total. The quantitative estimate of drug-likeness (QED) is 0.292. The van der Waals surface area contributed by atoms with E-state index in [0.29, 0.717) is 35.2 Å². The second-order valence-electron chi connectivity index (χ2n) is 18.9. The number of carboxylic acid groups (broad SMARTS) is 1. The normalized spacial score (nSPS) is 41.8. The van der Waals surface area contributed by atoms with Gasteiger partial charge in [-0.25, -0.2) is 13.6 Å². The number of amides is 1. The molecule has 0 spiro atoms. The van der Waals surface area contributed by atoms with Gasteiger partial charge in [0.25, 0.3) is 5.92 Å².